The van der Waals surface area contributed by atoms with Gasteiger partial charge in [0.25, 0.3) is 0 Å². The van der Waals surface area contributed by atoms with Gasteiger partial charge in [0.05, 0.1) is 0 Å². The summed E-state index contributed by atoms with van der Waals surface area (Å²) < 4.78 is 0. The van der Waals surface area contributed by atoms with Crippen LogP contribution in [0.5, 0.6) is 0 Å². The number of carboxylic acid groups (broad SMARTS) is 1. The third-order valence-corrected chi connectivity index (χ3v) is 5.79. The lowest BCUT2D eigenvalue weighted by molar-refractivity contribution is -0.141. The van der Waals surface area contributed by atoms with Crippen LogP contribution in [0.3, 0.4) is 0 Å². The fraction of sp³-hybridized carbons (Fsp3) is 0.857. The highest BCUT2D eigenvalue weighted by Crippen LogP contribution is 2.24. The Balaban J connectivity index is 1.65. The first-order valence-electron chi connectivity index (χ1n) is 7.77. The lowest BCUT2D eigenvalue weighted by atomic mass is 10.00. The van der Waals surface area contributed by atoms with Gasteiger partial charge in [0.15, 0.2) is 0 Å². The number of carbonyl (C=O) groups is 2. The summed E-state index contributed by atoms with van der Waals surface area (Å²) in [6.45, 7) is 4.10. The van der Waals surface area contributed by atoms with Gasteiger partial charge in [-0.15, -0.1) is 0 Å². The first kappa shape index (κ1) is 15.0. The van der Waals surface area contributed by atoms with Crippen molar-refractivity contribution in [1.29, 1.82) is 0 Å². The number of amides is 2. The van der Waals surface area contributed by atoms with Crippen molar-refractivity contribution in [2.24, 2.45) is 0 Å². The molecule has 118 valence electrons. The number of carbonyl (C=O) groups excluding carboxylic acids is 1. The predicted molar refractivity (Wildman–Crippen MR) is 81.6 cm³/mol. The maximum atomic E-state index is 12.7. The number of piperidine rings is 1. The lowest BCUT2D eigenvalue weighted by Crippen LogP contribution is -2.61. The molecule has 2 atom stereocenters. The molecule has 0 saturated carbocycles. The van der Waals surface area contributed by atoms with Gasteiger partial charge in [-0.25, -0.2) is 9.59 Å². The van der Waals surface area contributed by atoms with Crippen LogP contribution >= 0.6 is 11.8 Å². The van der Waals surface area contributed by atoms with Gasteiger partial charge in [-0.2, -0.15) is 11.8 Å². The number of aliphatic carboxylic acids is 1. The Morgan fingerprint density at radius 3 is 2.76 bits per heavy atom. The van der Waals surface area contributed by atoms with Crippen molar-refractivity contribution < 1.29 is 14.7 Å². The number of carboxylic acids is 1. The maximum absolute atomic E-state index is 12.7. The number of rotatable bonds is 1. The van der Waals surface area contributed by atoms with E-state index < -0.39 is 12.0 Å². The van der Waals surface area contributed by atoms with E-state index >= 15 is 0 Å². The average Bonchev–Trinajstić information content (AvgIpc) is 2.53. The predicted octanol–water partition coefficient (Wildman–Crippen LogP) is 0.778. The second-order valence-corrected chi connectivity index (χ2v) is 7.19. The molecule has 3 heterocycles. The molecule has 0 radical (unpaired) electrons. The minimum absolute atomic E-state index is 0.0760. The topological polar surface area (TPSA) is 64.1 Å². The van der Waals surface area contributed by atoms with Crippen LogP contribution in [-0.2, 0) is 4.79 Å². The smallest absolute Gasteiger partial charge is 0.327 e. The molecule has 6 nitrogen and oxygen atoms in total. The Bertz CT molecular complexity index is 420. The summed E-state index contributed by atoms with van der Waals surface area (Å²) in [5.41, 5.74) is 0. The summed E-state index contributed by atoms with van der Waals surface area (Å²) in [7, 11) is 0. The molecule has 21 heavy (non-hydrogen) atoms. The number of piperazine rings is 1. The number of urea groups is 1. The van der Waals surface area contributed by atoms with Crippen LogP contribution in [-0.4, -0.2) is 88.1 Å². The van der Waals surface area contributed by atoms with Crippen molar-refractivity contribution in [3.8, 4) is 0 Å². The van der Waals surface area contributed by atoms with E-state index in [1.807, 2.05) is 4.90 Å². The molecule has 0 bridgehead atoms. The molecule has 0 aromatic rings. The molecule has 0 aliphatic carbocycles. The molecule has 2 amide bonds. The number of hydrogen-bond donors (Lipinski definition) is 1. The van der Waals surface area contributed by atoms with Gasteiger partial charge >= 0.3 is 12.0 Å². The van der Waals surface area contributed by atoms with Crippen LogP contribution in [0.15, 0.2) is 0 Å². The molecular formula is C14H23N3O3S. The van der Waals surface area contributed by atoms with E-state index in [9.17, 15) is 14.7 Å². The van der Waals surface area contributed by atoms with Gasteiger partial charge in [0, 0.05) is 43.7 Å². The van der Waals surface area contributed by atoms with Gasteiger partial charge in [-0.3, -0.25) is 4.90 Å². The van der Waals surface area contributed by atoms with Crippen LogP contribution in [0.4, 0.5) is 4.79 Å². The van der Waals surface area contributed by atoms with Crippen LogP contribution < -0.4 is 0 Å². The summed E-state index contributed by atoms with van der Waals surface area (Å²) in [6.07, 6.45) is 3.65. The zero-order valence-corrected chi connectivity index (χ0v) is 13.1. The number of thioether (sulfide) groups is 1. The third-order valence-electron chi connectivity index (χ3n) is 4.77. The average molecular weight is 313 g/mol. The van der Waals surface area contributed by atoms with E-state index in [4.69, 9.17) is 0 Å². The van der Waals surface area contributed by atoms with Crippen LogP contribution in [0, 0.1) is 0 Å². The summed E-state index contributed by atoms with van der Waals surface area (Å²) in [6, 6.07) is -0.271. The second-order valence-electron chi connectivity index (χ2n) is 6.04. The molecular weight excluding hydrogens is 290 g/mol. The van der Waals surface area contributed by atoms with Gasteiger partial charge in [0.2, 0.25) is 0 Å². The molecule has 3 saturated heterocycles. The molecule has 3 aliphatic heterocycles. The lowest BCUT2D eigenvalue weighted by Gasteiger charge is -2.46. The largest absolute Gasteiger partial charge is 0.480 e. The summed E-state index contributed by atoms with van der Waals surface area (Å²) in [4.78, 5) is 30.0. The van der Waals surface area contributed by atoms with Crippen LogP contribution in [0.1, 0.15) is 19.3 Å². The van der Waals surface area contributed by atoms with E-state index in [2.05, 4.69) is 4.90 Å². The standard InChI is InChI=1S/C14H23N3O3S/c18-13(19)12-10-21-8-7-17(12)14(20)16-6-5-15-4-2-1-3-11(15)9-16/h11-12H,1-10H2,(H,18,19). The SMILES string of the molecule is O=C(O)C1CSCCN1C(=O)N1CCN2CCCCC2C1. The molecule has 3 fully saturated rings. The fourth-order valence-electron chi connectivity index (χ4n) is 3.55. The Labute approximate surface area is 129 Å². The van der Waals surface area contributed by atoms with Gasteiger partial charge in [-0.05, 0) is 19.4 Å². The number of fused-ring (bicyclic) bond motifs is 1. The van der Waals surface area contributed by atoms with E-state index in [1.54, 1.807) is 16.7 Å². The molecule has 2 unspecified atom stereocenters. The summed E-state index contributed by atoms with van der Waals surface area (Å²) in [5.74, 6) is 0.454. The van der Waals surface area contributed by atoms with Crippen molar-refractivity contribution in [2.45, 2.75) is 31.3 Å². The molecule has 0 aromatic carbocycles. The van der Waals surface area contributed by atoms with Crippen molar-refractivity contribution in [1.82, 2.24) is 14.7 Å². The van der Waals surface area contributed by atoms with Gasteiger partial charge in [0.1, 0.15) is 6.04 Å². The first-order valence-corrected chi connectivity index (χ1v) is 8.92. The van der Waals surface area contributed by atoms with Crippen molar-refractivity contribution in [3.63, 3.8) is 0 Å². The Kier molecular flexibility index (Phi) is 4.59. The minimum Gasteiger partial charge on any atom is -0.480 e. The Morgan fingerprint density at radius 2 is 1.95 bits per heavy atom. The molecule has 3 rings (SSSR count). The highest BCUT2D eigenvalue weighted by atomic mass is 32.2. The Morgan fingerprint density at radius 1 is 1.10 bits per heavy atom. The summed E-state index contributed by atoms with van der Waals surface area (Å²) >= 11 is 1.62. The monoisotopic (exact) mass is 313 g/mol. The number of nitrogens with zero attached hydrogens (tertiary/aromatic N) is 3. The molecule has 0 aromatic heterocycles. The maximum Gasteiger partial charge on any atom is 0.327 e. The van der Waals surface area contributed by atoms with E-state index in [0.717, 1.165) is 38.4 Å². The zero-order chi connectivity index (χ0) is 14.8. The van der Waals surface area contributed by atoms with E-state index in [0.29, 0.717) is 18.3 Å². The third kappa shape index (κ3) is 3.13. The van der Waals surface area contributed by atoms with Crippen LogP contribution in [0.25, 0.3) is 0 Å². The first-order chi connectivity index (χ1) is 10.2. The highest BCUT2D eigenvalue weighted by Gasteiger charge is 2.38. The van der Waals surface area contributed by atoms with Gasteiger partial charge in [-0.1, -0.05) is 6.42 Å². The van der Waals surface area contributed by atoms with E-state index in [-0.39, 0.29) is 6.03 Å². The normalized spacial score (nSPS) is 30.9. The molecule has 3 aliphatic rings. The van der Waals surface area contributed by atoms with E-state index in [1.165, 1.54) is 12.8 Å². The molecule has 1 N–H and O–H groups in total. The van der Waals surface area contributed by atoms with Crippen LogP contribution in [0.2, 0.25) is 0 Å². The van der Waals surface area contributed by atoms with Crippen molar-refractivity contribution in [2.75, 3.05) is 44.2 Å². The second kappa shape index (κ2) is 6.44. The quantitative estimate of drug-likeness (QED) is 0.775. The summed E-state index contributed by atoms with van der Waals surface area (Å²) in [5, 5.41) is 9.31. The highest BCUT2D eigenvalue weighted by molar-refractivity contribution is 7.99. The number of hydrogen-bond acceptors (Lipinski definition) is 4. The van der Waals surface area contributed by atoms with Gasteiger partial charge < -0.3 is 14.9 Å². The molecule has 0 spiro atoms. The molecule has 7 heteroatoms. The van der Waals surface area contributed by atoms with Crippen molar-refractivity contribution in [3.05, 3.63) is 0 Å². The van der Waals surface area contributed by atoms with Crippen molar-refractivity contribution >= 4 is 23.8 Å². The fourth-order valence-corrected chi connectivity index (χ4v) is 4.59. The Hall–Kier alpha value is -0.950. The minimum atomic E-state index is -0.883. The zero-order valence-electron chi connectivity index (χ0n) is 12.2.